The maximum atomic E-state index is 13.6. The molecular formula is C26H25F6NO2. The van der Waals surface area contributed by atoms with Crippen LogP contribution in [0.3, 0.4) is 0 Å². The lowest BCUT2D eigenvalue weighted by Crippen LogP contribution is -2.43. The van der Waals surface area contributed by atoms with Gasteiger partial charge in [0.15, 0.2) is 0 Å². The number of rotatable bonds is 5. The molecule has 1 amide bonds. The minimum absolute atomic E-state index is 0.169. The summed E-state index contributed by atoms with van der Waals surface area (Å²) in [5.74, 6) is -1.08. The van der Waals surface area contributed by atoms with E-state index in [1.165, 1.54) is 29.2 Å². The summed E-state index contributed by atoms with van der Waals surface area (Å²) in [5, 5.41) is 0. The van der Waals surface area contributed by atoms with Gasteiger partial charge in [0, 0.05) is 30.8 Å². The van der Waals surface area contributed by atoms with Crippen LogP contribution in [0.5, 0.6) is 0 Å². The van der Waals surface area contributed by atoms with E-state index in [1.54, 1.807) is 0 Å². The summed E-state index contributed by atoms with van der Waals surface area (Å²) in [6, 6.07) is 9.16. The second-order valence-electron chi connectivity index (χ2n) is 9.49. The third-order valence-corrected chi connectivity index (χ3v) is 6.96. The molecule has 2 aromatic carbocycles. The minimum Gasteiger partial charge on any atom is -0.334 e. The van der Waals surface area contributed by atoms with Gasteiger partial charge >= 0.3 is 12.4 Å². The fourth-order valence-electron chi connectivity index (χ4n) is 5.28. The van der Waals surface area contributed by atoms with Crippen LogP contribution in [0.15, 0.2) is 48.5 Å². The van der Waals surface area contributed by atoms with Crippen LogP contribution in [0.1, 0.15) is 54.4 Å². The molecule has 0 saturated heterocycles. The number of amides is 1. The average Bonchev–Trinajstić information content (AvgIpc) is 2.77. The zero-order chi connectivity index (χ0) is 25.4. The molecule has 2 atom stereocenters. The Bertz CT molecular complexity index is 1020. The normalized spacial score (nSPS) is 22.7. The number of ketones is 1. The number of hydrogen-bond donors (Lipinski definition) is 0. The van der Waals surface area contributed by atoms with E-state index in [1.807, 2.05) is 0 Å². The first-order valence-corrected chi connectivity index (χ1v) is 11.6. The summed E-state index contributed by atoms with van der Waals surface area (Å²) in [6.07, 6.45) is -6.05. The lowest BCUT2D eigenvalue weighted by atomic mass is 9.67. The van der Waals surface area contributed by atoms with Crippen molar-refractivity contribution >= 4 is 11.7 Å². The Balaban J connectivity index is 1.62. The maximum Gasteiger partial charge on any atom is 0.416 e. The Morgan fingerprint density at radius 2 is 1.26 bits per heavy atom. The summed E-state index contributed by atoms with van der Waals surface area (Å²) in [4.78, 5) is 27.4. The first kappa shape index (κ1) is 25.3. The van der Waals surface area contributed by atoms with Gasteiger partial charge in [-0.05, 0) is 61.1 Å². The topological polar surface area (TPSA) is 37.4 Å². The maximum absolute atomic E-state index is 13.6. The number of hydrogen-bond acceptors (Lipinski definition) is 2. The fourth-order valence-corrected chi connectivity index (χ4v) is 5.28. The Kier molecular flexibility index (Phi) is 6.97. The molecule has 0 aromatic heterocycles. The van der Waals surface area contributed by atoms with Gasteiger partial charge in [-0.2, -0.15) is 26.3 Å². The highest BCUT2D eigenvalue weighted by atomic mass is 19.4. The molecular weight excluding hydrogens is 472 g/mol. The highest BCUT2D eigenvalue weighted by Gasteiger charge is 2.42. The molecule has 9 heteroatoms. The van der Waals surface area contributed by atoms with Gasteiger partial charge in [-0.3, -0.25) is 9.59 Å². The first-order chi connectivity index (χ1) is 16.4. The monoisotopic (exact) mass is 497 g/mol. The van der Waals surface area contributed by atoms with Crippen molar-refractivity contribution in [3.63, 3.8) is 0 Å². The van der Waals surface area contributed by atoms with Crippen LogP contribution < -0.4 is 0 Å². The van der Waals surface area contributed by atoms with Crippen LogP contribution in [-0.2, 0) is 35.0 Å². The molecule has 2 unspecified atom stereocenters. The summed E-state index contributed by atoms with van der Waals surface area (Å²) >= 11 is 0. The molecule has 2 aliphatic carbocycles. The van der Waals surface area contributed by atoms with Gasteiger partial charge in [0.25, 0.3) is 0 Å². The number of alkyl halides is 6. The average molecular weight is 497 g/mol. The molecule has 188 valence electrons. The second kappa shape index (κ2) is 9.66. The van der Waals surface area contributed by atoms with Crippen molar-refractivity contribution in [3.8, 4) is 0 Å². The standard InChI is InChI=1S/C26H25F6NO2/c27-25(28,29)21-8-1-4-16(10-21)14-33(15-17-5-2-9-22(11-17)26(30,31)32)24(35)20-12-18-6-3-7-19(13-20)23(18)34/h1-2,4-5,8-11,18-20H,3,6-7,12-15H2. The van der Waals surface area contributed by atoms with Crippen molar-refractivity contribution in [1.82, 2.24) is 4.90 Å². The molecule has 2 bridgehead atoms. The lowest BCUT2D eigenvalue weighted by Gasteiger charge is -2.39. The first-order valence-electron chi connectivity index (χ1n) is 11.6. The van der Waals surface area contributed by atoms with E-state index in [0.29, 0.717) is 25.7 Å². The van der Waals surface area contributed by atoms with Gasteiger partial charge in [-0.15, -0.1) is 0 Å². The Labute approximate surface area is 199 Å². The molecule has 0 aliphatic heterocycles. The summed E-state index contributed by atoms with van der Waals surface area (Å²) < 4.78 is 79.2. The quantitative estimate of drug-likeness (QED) is 0.434. The zero-order valence-corrected chi connectivity index (χ0v) is 18.8. The van der Waals surface area contributed by atoms with Crippen LogP contribution in [0.4, 0.5) is 26.3 Å². The van der Waals surface area contributed by atoms with Gasteiger partial charge in [0.2, 0.25) is 5.91 Å². The van der Waals surface area contributed by atoms with Crippen molar-refractivity contribution < 1.29 is 35.9 Å². The Morgan fingerprint density at radius 1 is 0.800 bits per heavy atom. The molecule has 0 spiro atoms. The molecule has 3 nitrogen and oxygen atoms in total. The molecule has 2 fully saturated rings. The largest absolute Gasteiger partial charge is 0.416 e. The third-order valence-electron chi connectivity index (χ3n) is 6.96. The molecule has 0 N–H and O–H groups in total. The smallest absolute Gasteiger partial charge is 0.334 e. The summed E-state index contributed by atoms with van der Waals surface area (Å²) in [7, 11) is 0. The summed E-state index contributed by atoms with van der Waals surface area (Å²) in [6.45, 7) is -0.364. The van der Waals surface area contributed by atoms with Crippen LogP contribution in [0, 0.1) is 17.8 Å². The van der Waals surface area contributed by atoms with Gasteiger partial charge in [-0.25, -0.2) is 0 Å². The van der Waals surface area contributed by atoms with E-state index < -0.39 is 29.4 Å². The zero-order valence-electron chi connectivity index (χ0n) is 18.8. The molecule has 4 rings (SSSR count). The predicted octanol–water partition coefficient (Wildman–Crippen LogP) is 6.65. The molecule has 2 aliphatic rings. The van der Waals surface area contributed by atoms with Crippen molar-refractivity contribution in [2.75, 3.05) is 0 Å². The SMILES string of the molecule is O=C1C2CCCC1CC(C(=O)N(Cc1cccc(C(F)(F)F)c1)Cc1cccc(C(F)(F)F)c1)C2. The Morgan fingerprint density at radius 3 is 1.69 bits per heavy atom. The number of carbonyl (C=O) groups is 2. The number of carbonyl (C=O) groups excluding carboxylic acids is 2. The van der Waals surface area contributed by atoms with E-state index >= 15 is 0 Å². The van der Waals surface area contributed by atoms with Crippen molar-refractivity contribution in [2.45, 2.75) is 57.5 Å². The van der Waals surface area contributed by atoms with E-state index in [0.717, 1.165) is 30.7 Å². The molecule has 0 heterocycles. The minimum atomic E-state index is -4.56. The van der Waals surface area contributed by atoms with E-state index in [2.05, 4.69) is 0 Å². The van der Waals surface area contributed by atoms with Crippen molar-refractivity contribution in [3.05, 3.63) is 70.8 Å². The van der Waals surface area contributed by atoms with Crippen molar-refractivity contribution in [1.29, 1.82) is 0 Å². The number of nitrogens with zero attached hydrogens (tertiary/aromatic N) is 1. The Hall–Kier alpha value is -2.84. The molecule has 0 radical (unpaired) electrons. The lowest BCUT2D eigenvalue weighted by molar-refractivity contribution is -0.144. The van der Waals surface area contributed by atoms with Crippen LogP contribution >= 0.6 is 0 Å². The fraction of sp³-hybridized carbons (Fsp3) is 0.462. The van der Waals surface area contributed by atoms with Gasteiger partial charge in [0.05, 0.1) is 11.1 Å². The number of halogens is 6. The van der Waals surface area contributed by atoms with Crippen molar-refractivity contribution in [2.24, 2.45) is 17.8 Å². The second-order valence-corrected chi connectivity index (χ2v) is 9.49. The summed E-state index contributed by atoms with van der Waals surface area (Å²) in [5.41, 5.74) is -1.27. The molecule has 2 saturated carbocycles. The van der Waals surface area contributed by atoms with Crippen LogP contribution in [-0.4, -0.2) is 16.6 Å². The van der Waals surface area contributed by atoms with E-state index in [4.69, 9.17) is 0 Å². The van der Waals surface area contributed by atoms with Crippen LogP contribution in [0.2, 0.25) is 0 Å². The molecule has 35 heavy (non-hydrogen) atoms. The number of Topliss-reactive ketones (excluding diaryl/α,β-unsaturated/α-hetero) is 1. The predicted molar refractivity (Wildman–Crippen MR) is 116 cm³/mol. The highest BCUT2D eigenvalue weighted by molar-refractivity contribution is 5.88. The number of benzene rings is 2. The van der Waals surface area contributed by atoms with Crippen LogP contribution in [0.25, 0.3) is 0 Å². The highest BCUT2D eigenvalue weighted by Crippen LogP contribution is 2.41. The number of fused-ring (bicyclic) bond motifs is 2. The van der Waals surface area contributed by atoms with Gasteiger partial charge < -0.3 is 4.90 Å². The van der Waals surface area contributed by atoms with Gasteiger partial charge in [0.1, 0.15) is 5.78 Å². The van der Waals surface area contributed by atoms with E-state index in [-0.39, 0.29) is 47.7 Å². The van der Waals surface area contributed by atoms with E-state index in [9.17, 15) is 35.9 Å². The van der Waals surface area contributed by atoms with Gasteiger partial charge in [-0.1, -0.05) is 30.7 Å². The third kappa shape index (κ3) is 5.87. The molecule has 2 aromatic rings.